The largest absolute Gasteiger partial charge is 0.508 e. The quantitative estimate of drug-likeness (QED) is 0.0454. The lowest BCUT2D eigenvalue weighted by Gasteiger charge is -2.48. The molecule has 9 amide bonds. The number of aliphatic hydroxyl groups excluding tert-OH is 6. The predicted octanol–water partition coefficient (Wildman–Crippen LogP) is 1.56. The van der Waals surface area contributed by atoms with Crippen molar-refractivity contribution in [2.75, 3.05) is 32.6 Å². The SMILES string of the molecule is CN[C@H](CC(C)C)C(=O)N[C@H]1C(=O)N[C@@H](CC(N)=O)C(=O)N[C@H]2C(=O)N[C@H]3C(=O)N[C@H](C(=O)N[C@@H](C(=O)NOC)c4cc(O)cc(O)c4-c4cc3ccc4O)[C@H](O)c3ccc(c(Cl)c3)Oc3cc2cc(c3O[C@@H]2O[C@H](CO)[C@@H](O)[C@H](O)[C@H]2O[C@H]2C[C@](C)(NCCn3ccc(NC(=O)Cc4ccc(F)c(Cl)c4)nc3=O)[C@H](O)[C@H](C)O2)Oc2ccc(cc2Cl)[C@H]1O. The van der Waals surface area contributed by atoms with E-state index in [0.717, 1.165) is 79.9 Å². The van der Waals surface area contributed by atoms with Crippen molar-refractivity contribution in [3.8, 4) is 57.1 Å². The molecule has 2 saturated heterocycles. The molecule has 124 heavy (non-hydrogen) atoms. The van der Waals surface area contributed by atoms with E-state index in [1.54, 1.807) is 6.92 Å². The van der Waals surface area contributed by atoms with Crippen LogP contribution in [0.2, 0.25) is 15.1 Å². The molecule has 8 heterocycles. The van der Waals surface area contributed by atoms with Gasteiger partial charge in [0.15, 0.2) is 23.9 Å². The molecule has 0 spiro atoms. The summed E-state index contributed by atoms with van der Waals surface area (Å²) in [6, 6.07) is 4.56. The van der Waals surface area contributed by atoms with Gasteiger partial charge in [-0.2, -0.15) is 4.98 Å². The summed E-state index contributed by atoms with van der Waals surface area (Å²) in [6.07, 6.45) is -18.5. The highest BCUT2D eigenvalue weighted by Crippen LogP contribution is 2.50. The number of likely N-dealkylation sites (N-methyl/N-ethyl adjacent to an activating group) is 1. The lowest BCUT2D eigenvalue weighted by molar-refractivity contribution is -0.334. The first-order chi connectivity index (χ1) is 58.8. The van der Waals surface area contributed by atoms with Crippen molar-refractivity contribution < 1.29 is 127 Å². The molecule has 662 valence electrons. The molecule has 7 aliphatic heterocycles. The number of aliphatic hydroxyl groups is 6. The van der Waals surface area contributed by atoms with Gasteiger partial charge in [0, 0.05) is 48.4 Å². The van der Waals surface area contributed by atoms with Gasteiger partial charge in [0.25, 0.3) is 5.91 Å². The van der Waals surface area contributed by atoms with E-state index in [1.165, 1.54) is 55.1 Å². The maximum atomic E-state index is 16.3. The third-order valence-corrected chi connectivity index (χ3v) is 22.2. The van der Waals surface area contributed by atoms with Gasteiger partial charge in [-0.15, -0.1) is 0 Å². The number of nitrogens with one attached hydrogen (secondary N) is 10. The summed E-state index contributed by atoms with van der Waals surface area (Å²) in [7, 11) is 2.49. The molecular weight excluding hydrogens is 1700 g/mol. The van der Waals surface area contributed by atoms with Crippen molar-refractivity contribution in [2.24, 2.45) is 11.7 Å². The maximum absolute atomic E-state index is 16.3. The van der Waals surface area contributed by atoms with Crippen LogP contribution < -0.4 is 79.0 Å². The van der Waals surface area contributed by atoms with Crippen LogP contribution in [0.15, 0.2) is 114 Å². The Morgan fingerprint density at radius 1 is 0.726 bits per heavy atom. The topological polar surface area (TPSA) is 582 Å². The Morgan fingerprint density at radius 2 is 1.38 bits per heavy atom. The number of hydroxylamine groups is 1. The number of primary amides is 1. The Bertz CT molecular complexity index is 5350. The number of phenolic OH excluding ortho intramolecular Hbond substituents is 3. The number of nitrogens with zero attached hydrogens (tertiary/aromatic N) is 2. The van der Waals surface area contributed by atoms with Crippen LogP contribution in [0, 0.1) is 11.7 Å². The number of phenols is 3. The number of carbonyl (C=O) groups excluding carboxylic acids is 9. The second-order valence-electron chi connectivity index (χ2n) is 30.6. The molecule has 0 saturated carbocycles. The van der Waals surface area contributed by atoms with Gasteiger partial charge >= 0.3 is 5.69 Å². The standard InChI is InChI=1S/C81H89Cl3FN13O26/c1-32(2)19-46(87-5)72(110)95-63-65(105)36-9-13-50(43(83)23-36)120-52-25-38-26-53(69(52)124-79-70(68(108)67(107)54(31-99)122-79)123-58-30-81(4,71(109)33(3)119-58)88-16-18-98-17-15-56(91-80(98)117)90-57(104)21-34-7-11-45(85)42(82)20-34)121-51-14-10-37(24-44(51)84)66(106)64-77(115)94-62(78(116)97-118-6)41-27-39(100)28-49(102)59(41)40-22-35(8-12-48(40)101)60(74(112)96-64)93-75(113)61(38)92-73(111)47(29-55(86)103)89-76(63)114/h7-15,17,20,22-28,32-33,46-47,54,58,60-68,70-71,79,87-88,99-102,105-109H,16,18-19,21,29-31H2,1-6H3,(H2,86,103)(H,89,114)(H,92,111)(H,93,113)(H,94,115)(H,95,110)(H,96,112)(H,97,116)(H,90,91,104,117)/t33-,46+,47-,54+,58-,60+,61+,62+,63+,64-,65+,66+,67+,68-,70+,71+,79-,81-/m0/s1. The van der Waals surface area contributed by atoms with Crippen LogP contribution in [0.4, 0.5) is 10.2 Å². The molecule has 0 aliphatic carbocycles. The summed E-state index contributed by atoms with van der Waals surface area (Å²) in [6.45, 7) is 5.51. The fraction of sp³-hybridized carbons (Fsp3) is 0.395. The number of aromatic hydroxyl groups is 3. The molecule has 43 heteroatoms. The van der Waals surface area contributed by atoms with Crippen LogP contribution in [-0.4, -0.2) is 215 Å². The van der Waals surface area contributed by atoms with Gasteiger partial charge in [0.05, 0.1) is 59.9 Å². The first kappa shape index (κ1) is 91.7. The second-order valence-corrected chi connectivity index (χ2v) is 31.9. The zero-order valence-electron chi connectivity index (χ0n) is 66.7. The lowest BCUT2D eigenvalue weighted by Crippen LogP contribution is -2.65. The van der Waals surface area contributed by atoms with E-state index in [4.69, 9.17) is 73.8 Å². The number of ether oxygens (including phenoxy) is 6. The number of amides is 9. The summed E-state index contributed by atoms with van der Waals surface area (Å²) >= 11 is 20.2. The van der Waals surface area contributed by atoms with Crippen molar-refractivity contribution >= 4 is 93.8 Å². The summed E-state index contributed by atoms with van der Waals surface area (Å²) in [5.74, 6) is -16.9. The van der Waals surface area contributed by atoms with Crippen molar-refractivity contribution in [1.29, 1.82) is 0 Å². The monoisotopic (exact) mass is 1780 g/mol. The smallest absolute Gasteiger partial charge is 0.349 e. The van der Waals surface area contributed by atoms with Crippen molar-refractivity contribution in [3.63, 3.8) is 0 Å². The number of benzene rings is 6. The summed E-state index contributed by atoms with van der Waals surface area (Å²) in [5, 5.41) is 129. The van der Waals surface area contributed by atoms with E-state index in [-0.39, 0.29) is 71.6 Å². The Labute approximate surface area is 719 Å². The Morgan fingerprint density at radius 3 is 2.01 bits per heavy atom. The molecule has 7 aliphatic rings. The maximum Gasteiger partial charge on any atom is 0.349 e. The van der Waals surface area contributed by atoms with E-state index < -0.39 is 259 Å². The summed E-state index contributed by atoms with van der Waals surface area (Å²) in [5.41, 5.74) is 3.31. The third kappa shape index (κ3) is 20.5. The lowest BCUT2D eigenvalue weighted by atomic mass is 9.85. The molecule has 1 aromatic heterocycles. The number of hydrogen-bond donors (Lipinski definition) is 20. The van der Waals surface area contributed by atoms with Gasteiger partial charge in [-0.1, -0.05) is 72.9 Å². The van der Waals surface area contributed by atoms with E-state index in [1.807, 2.05) is 13.8 Å². The Hall–Kier alpha value is -11.5. The van der Waals surface area contributed by atoms with E-state index in [2.05, 4.69) is 58.3 Å². The predicted molar refractivity (Wildman–Crippen MR) is 433 cm³/mol. The minimum Gasteiger partial charge on any atom is -0.508 e. The molecule has 2 fully saturated rings. The molecule has 7 aromatic rings. The summed E-state index contributed by atoms with van der Waals surface area (Å²) in [4.78, 5) is 155. The average Bonchev–Trinajstić information content (AvgIpc) is 0.763. The molecular formula is C81H89Cl3FN13O26. The molecule has 18 atom stereocenters. The highest BCUT2D eigenvalue weighted by molar-refractivity contribution is 6.32. The van der Waals surface area contributed by atoms with Crippen LogP contribution in [0.3, 0.4) is 0 Å². The highest BCUT2D eigenvalue weighted by atomic mass is 35.5. The molecule has 11 bridgehead atoms. The highest BCUT2D eigenvalue weighted by Gasteiger charge is 2.52. The fourth-order valence-corrected chi connectivity index (χ4v) is 15.6. The Kier molecular flexibility index (Phi) is 28.7. The van der Waals surface area contributed by atoms with Crippen molar-refractivity contribution in [2.45, 2.75) is 169 Å². The number of fused-ring (bicyclic) bond motifs is 15. The average molecular weight is 1790 g/mol. The van der Waals surface area contributed by atoms with Gasteiger partial charge in [0.1, 0.15) is 107 Å². The van der Waals surface area contributed by atoms with E-state index >= 15 is 24.0 Å². The van der Waals surface area contributed by atoms with Crippen LogP contribution in [0.25, 0.3) is 11.1 Å². The van der Waals surface area contributed by atoms with E-state index in [9.17, 15) is 74.3 Å². The molecule has 39 nitrogen and oxygen atoms in total. The molecule has 0 unspecified atom stereocenters. The van der Waals surface area contributed by atoms with Gasteiger partial charge in [-0.05, 0) is 139 Å². The number of halogens is 4. The zero-order chi connectivity index (χ0) is 89.8. The van der Waals surface area contributed by atoms with Gasteiger partial charge < -0.3 is 128 Å². The Balaban J connectivity index is 0.997. The number of nitrogens with two attached hydrogens (primary N) is 1. The first-order valence-electron chi connectivity index (χ1n) is 38.7. The van der Waals surface area contributed by atoms with Crippen molar-refractivity contribution in [1.82, 2.24) is 57.6 Å². The summed E-state index contributed by atoms with van der Waals surface area (Å²) < 4.78 is 54.3. The van der Waals surface area contributed by atoms with Gasteiger partial charge in [-0.3, -0.25) is 52.6 Å². The van der Waals surface area contributed by atoms with Gasteiger partial charge in [0.2, 0.25) is 59.3 Å². The zero-order valence-corrected chi connectivity index (χ0v) is 69.0. The number of carbonyl (C=O) groups is 9. The van der Waals surface area contributed by atoms with Crippen LogP contribution in [0.1, 0.15) is 111 Å². The molecule has 14 rings (SSSR count). The van der Waals surface area contributed by atoms with E-state index in [0.29, 0.717) is 5.56 Å². The molecule has 0 radical (unpaired) electrons. The number of rotatable bonds is 21. The fourth-order valence-electron chi connectivity index (χ4n) is 15.0. The minimum atomic E-state index is -2.40. The third-order valence-electron chi connectivity index (χ3n) is 21.3. The minimum absolute atomic E-state index is 0.0595. The molecule has 21 N–H and O–H groups in total. The normalized spacial score (nSPS) is 26.1. The number of hydrogen-bond acceptors (Lipinski definition) is 29. The van der Waals surface area contributed by atoms with Crippen LogP contribution in [0.5, 0.6) is 46.0 Å². The first-order valence-corrected chi connectivity index (χ1v) is 39.8. The second kappa shape index (κ2) is 38.8. The van der Waals surface area contributed by atoms with Gasteiger partial charge in [-0.25, -0.2) is 14.7 Å². The van der Waals surface area contributed by atoms with Crippen LogP contribution in [-0.2, 0) is 75.2 Å². The molecule has 6 aromatic carbocycles. The number of aromatic nitrogens is 2. The van der Waals surface area contributed by atoms with Crippen LogP contribution >= 0.6 is 34.8 Å². The van der Waals surface area contributed by atoms with Crippen molar-refractivity contribution in [3.05, 3.63) is 174 Å². The number of anilines is 1.